The largest absolute Gasteiger partial charge is 0.416 e. The van der Waals surface area contributed by atoms with E-state index in [-0.39, 0.29) is 22.5 Å². The van der Waals surface area contributed by atoms with E-state index in [9.17, 15) is 13.2 Å². The van der Waals surface area contributed by atoms with Gasteiger partial charge in [-0.3, -0.25) is 0 Å². The first-order chi connectivity index (χ1) is 7.93. The van der Waals surface area contributed by atoms with Crippen LogP contribution in [0.4, 0.5) is 13.2 Å². The first kappa shape index (κ1) is 16.4. The van der Waals surface area contributed by atoms with Crippen molar-refractivity contribution >= 4 is 20.1 Å². The van der Waals surface area contributed by atoms with Crippen molar-refractivity contribution in [1.82, 2.24) is 0 Å². The fraction of sp³-hybridized carbons (Fsp3) is 1.00. The van der Waals surface area contributed by atoms with E-state index in [0.717, 1.165) is 0 Å². The van der Waals surface area contributed by atoms with E-state index in [1.54, 1.807) is 0 Å². The van der Waals surface area contributed by atoms with Gasteiger partial charge >= 0.3 is 6.18 Å². The van der Waals surface area contributed by atoms with Gasteiger partial charge in [-0.25, -0.2) is 0 Å². The van der Waals surface area contributed by atoms with Crippen molar-refractivity contribution in [2.45, 2.75) is 56.8 Å². The second-order valence-corrected chi connectivity index (χ2v) is 12.6. The quantitative estimate of drug-likeness (QED) is 0.699. The minimum atomic E-state index is -4.04. The predicted octanol–water partition coefficient (Wildman–Crippen LogP) is 4.69. The highest BCUT2D eigenvalue weighted by atomic mass is 32.2. The number of hydrogen-bond acceptors (Lipinski definition) is 2. The van der Waals surface area contributed by atoms with Gasteiger partial charge in [0.2, 0.25) is 0 Å². The summed E-state index contributed by atoms with van der Waals surface area (Å²) in [4.78, 5) is 0. The summed E-state index contributed by atoms with van der Waals surface area (Å²) in [5.41, 5.74) is 0. The van der Waals surface area contributed by atoms with E-state index in [4.69, 9.17) is 4.43 Å². The summed E-state index contributed by atoms with van der Waals surface area (Å²) in [6, 6.07) is 0. The molecule has 1 fully saturated rings. The van der Waals surface area contributed by atoms with Gasteiger partial charge in [0.05, 0.1) is 5.92 Å². The summed E-state index contributed by atoms with van der Waals surface area (Å²) in [6.45, 7) is 11.1. The third kappa shape index (κ3) is 4.16. The second kappa shape index (κ2) is 5.36. The van der Waals surface area contributed by atoms with Crippen LogP contribution in [-0.2, 0) is 4.43 Å². The first-order valence-electron chi connectivity index (χ1n) is 6.26. The average molecular weight is 300 g/mol. The SMILES string of the molecule is CC(C)(C)[Si](C)(C)OC[C@H]1C[C@@H](C(F)(F)F)CS1. The maximum Gasteiger partial charge on any atom is 0.392 e. The van der Waals surface area contributed by atoms with Gasteiger partial charge in [0, 0.05) is 17.6 Å². The summed E-state index contributed by atoms with van der Waals surface area (Å²) in [5, 5.41) is 0.116. The molecule has 0 aromatic heterocycles. The standard InChI is InChI=1S/C12H23F3OSSi/c1-11(2,3)18(4,5)16-7-10-6-9(8-17-10)12(13,14)15/h9-10H,6-8H2,1-5H3/t9-,10-/m1/s1. The first-order valence-corrected chi connectivity index (χ1v) is 10.2. The van der Waals surface area contributed by atoms with E-state index < -0.39 is 20.4 Å². The van der Waals surface area contributed by atoms with E-state index in [1.165, 1.54) is 11.8 Å². The molecular formula is C12H23F3OSSi. The van der Waals surface area contributed by atoms with E-state index in [1.807, 2.05) is 0 Å². The lowest BCUT2D eigenvalue weighted by Crippen LogP contribution is -2.42. The van der Waals surface area contributed by atoms with Gasteiger partial charge in [-0.2, -0.15) is 24.9 Å². The van der Waals surface area contributed by atoms with Crippen molar-refractivity contribution in [1.29, 1.82) is 0 Å². The van der Waals surface area contributed by atoms with Crippen molar-refractivity contribution in [2.75, 3.05) is 12.4 Å². The molecule has 1 aliphatic heterocycles. The van der Waals surface area contributed by atoms with E-state index in [2.05, 4.69) is 33.9 Å². The summed E-state index contributed by atoms with van der Waals surface area (Å²) in [6.07, 6.45) is -3.83. The lowest BCUT2D eigenvalue weighted by Gasteiger charge is -2.36. The van der Waals surface area contributed by atoms with Crippen molar-refractivity contribution < 1.29 is 17.6 Å². The van der Waals surface area contributed by atoms with Crippen molar-refractivity contribution in [3.05, 3.63) is 0 Å². The highest BCUT2D eigenvalue weighted by molar-refractivity contribution is 8.00. The van der Waals surface area contributed by atoms with Gasteiger partial charge in [0.15, 0.2) is 8.32 Å². The third-order valence-corrected chi connectivity index (χ3v) is 9.88. The Kier molecular flexibility index (Phi) is 4.88. The molecule has 1 saturated heterocycles. The zero-order chi connectivity index (χ0) is 14.2. The molecule has 0 aromatic carbocycles. The van der Waals surface area contributed by atoms with Crippen LogP contribution in [0.5, 0.6) is 0 Å². The molecule has 0 radical (unpaired) electrons. The molecule has 1 heterocycles. The van der Waals surface area contributed by atoms with Crippen LogP contribution in [0.15, 0.2) is 0 Å². The Balaban J connectivity index is 2.43. The molecule has 0 aliphatic carbocycles. The molecule has 1 aliphatic rings. The maximum atomic E-state index is 12.6. The highest BCUT2D eigenvalue weighted by Crippen LogP contribution is 2.42. The molecule has 0 bridgehead atoms. The van der Waals surface area contributed by atoms with Crippen LogP contribution in [0, 0.1) is 5.92 Å². The van der Waals surface area contributed by atoms with Gasteiger partial charge in [-0.1, -0.05) is 20.8 Å². The molecule has 108 valence electrons. The number of alkyl halides is 3. The Labute approximate surface area is 113 Å². The maximum absolute atomic E-state index is 12.6. The van der Waals surface area contributed by atoms with Crippen LogP contribution < -0.4 is 0 Å². The molecule has 2 atom stereocenters. The smallest absolute Gasteiger partial charge is 0.392 e. The van der Waals surface area contributed by atoms with Crippen molar-refractivity contribution in [3.8, 4) is 0 Å². The Morgan fingerprint density at radius 3 is 2.17 bits per heavy atom. The molecule has 0 amide bonds. The number of halogens is 3. The molecule has 0 unspecified atom stereocenters. The average Bonchev–Trinajstić information content (AvgIpc) is 2.60. The van der Waals surface area contributed by atoms with Crippen molar-refractivity contribution in [3.63, 3.8) is 0 Å². The summed E-state index contributed by atoms with van der Waals surface area (Å²) < 4.78 is 43.6. The lowest BCUT2D eigenvalue weighted by molar-refractivity contribution is -0.168. The van der Waals surface area contributed by atoms with E-state index in [0.29, 0.717) is 6.61 Å². The molecule has 1 nitrogen and oxygen atoms in total. The van der Waals surface area contributed by atoms with Gasteiger partial charge < -0.3 is 4.43 Å². The molecule has 0 saturated carbocycles. The van der Waals surface area contributed by atoms with Crippen molar-refractivity contribution in [2.24, 2.45) is 5.92 Å². The Morgan fingerprint density at radius 2 is 1.78 bits per heavy atom. The summed E-state index contributed by atoms with van der Waals surface area (Å²) >= 11 is 1.41. The second-order valence-electron chi connectivity index (χ2n) is 6.50. The fourth-order valence-corrected chi connectivity index (χ4v) is 4.10. The monoisotopic (exact) mass is 300 g/mol. The Morgan fingerprint density at radius 1 is 1.22 bits per heavy atom. The van der Waals surface area contributed by atoms with Gasteiger partial charge in [0.1, 0.15) is 0 Å². The zero-order valence-electron chi connectivity index (χ0n) is 11.7. The molecule has 0 aromatic rings. The topological polar surface area (TPSA) is 9.23 Å². The zero-order valence-corrected chi connectivity index (χ0v) is 13.5. The molecule has 6 heteroatoms. The van der Waals surface area contributed by atoms with E-state index >= 15 is 0 Å². The van der Waals surface area contributed by atoms with Crippen LogP contribution in [0.25, 0.3) is 0 Å². The molecule has 18 heavy (non-hydrogen) atoms. The van der Waals surface area contributed by atoms with Gasteiger partial charge in [-0.05, 0) is 24.6 Å². The predicted molar refractivity (Wildman–Crippen MR) is 73.6 cm³/mol. The third-order valence-electron chi connectivity index (χ3n) is 3.98. The molecule has 0 spiro atoms. The van der Waals surface area contributed by atoms with Crippen LogP contribution in [-0.4, -0.2) is 32.1 Å². The van der Waals surface area contributed by atoms with Crippen LogP contribution in [0.2, 0.25) is 18.1 Å². The van der Waals surface area contributed by atoms with Crippen LogP contribution >= 0.6 is 11.8 Å². The Hall–Kier alpha value is 0.317. The molecule has 0 N–H and O–H groups in total. The van der Waals surface area contributed by atoms with Crippen LogP contribution in [0.1, 0.15) is 27.2 Å². The number of thioether (sulfide) groups is 1. The minimum Gasteiger partial charge on any atom is -0.416 e. The minimum absolute atomic E-state index is 0.00532. The molecular weight excluding hydrogens is 277 g/mol. The summed E-state index contributed by atoms with van der Waals surface area (Å²) in [7, 11) is -1.83. The number of rotatable bonds is 3. The van der Waals surface area contributed by atoms with Gasteiger partial charge in [0.25, 0.3) is 0 Å². The normalized spacial score (nSPS) is 26.7. The Bertz CT molecular complexity index is 286. The number of hydrogen-bond donors (Lipinski definition) is 0. The fourth-order valence-electron chi connectivity index (χ4n) is 1.57. The highest BCUT2D eigenvalue weighted by Gasteiger charge is 2.45. The lowest BCUT2D eigenvalue weighted by atomic mass is 10.1. The molecule has 1 rings (SSSR count). The summed E-state index contributed by atoms with van der Waals surface area (Å²) in [5.74, 6) is -0.954. The van der Waals surface area contributed by atoms with Crippen LogP contribution in [0.3, 0.4) is 0 Å². The van der Waals surface area contributed by atoms with Gasteiger partial charge in [-0.15, -0.1) is 0 Å².